The second kappa shape index (κ2) is 8.23. The van der Waals surface area contributed by atoms with Crippen LogP contribution in [0.25, 0.3) is 11.1 Å². The molecule has 0 saturated carbocycles. The molecule has 0 spiro atoms. The van der Waals surface area contributed by atoms with Gasteiger partial charge in [-0.3, -0.25) is 9.48 Å². The average molecular weight is 425 g/mol. The first-order chi connectivity index (χ1) is 15.6. The molecule has 0 saturated heterocycles. The van der Waals surface area contributed by atoms with Crippen molar-refractivity contribution in [1.82, 2.24) is 14.3 Å². The van der Waals surface area contributed by atoms with E-state index in [2.05, 4.69) is 60.7 Å². The molecule has 0 radical (unpaired) electrons. The third kappa shape index (κ3) is 3.95. The highest BCUT2D eigenvalue weighted by Gasteiger charge is 2.18. The Kier molecular flexibility index (Phi) is 5.11. The maximum absolute atomic E-state index is 13.2. The van der Waals surface area contributed by atoms with E-state index in [9.17, 15) is 4.79 Å². The van der Waals surface area contributed by atoms with Gasteiger partial charge in [0.2, 0.25) is 0 Å². The molecule has 3 aromatic heterocycles. The van der Waals surface area contributed by atoms with Crippen LogP contribution >= 0.6 is 0 Å². The quantitative estimate of drug-likeness (QED) is 0.397. The van der Waals surface area contributed by atoms with Crippen LogP contribution in [0.1, 0.15) is 32.7 Å². The first-order valence-electron chi connectivity index (χ1n) is 10.6. The largest absolute Gasteiger partial charge is 0.463 e. The van der Waals surface area contributed by atoms with Crippen LogP contribution in [0.2, 0.25) is 0 Å². The fourth-order valence-electron chi connectivity index (χ4n) is 3.88. The van der Waals surface area contributed by atoms with Gasteiger partial charge in [-0.05, 0) is 30.5 Å². The van der Waals surface area contributed by atoms with Crippen LogP contribution in [0.4, 0.5) is 5.69 Å². The number of nitrogens with one attached hydrogen (secondary N) is 1. The van der Waals surface area contributed by atoms with Crippen LogP contribution in [0.15, 0.2) is 83.7 Å². The van der Waals surface area contributed by atoms with Crippen molar-refractivity contribution in [3.63, 3.8) is 0 Å². The molecule has 32 heavy (non-hydrogen) atoms. The average Bonchev–Trinajstić information content (AvgIpc) is 3.49. The molecule has 6 heteroatoms. The van der Waals surface area contributed by atoms with Crippen molar-refractivity contribution in [2.75, 3.05) is 5.32 Å². The highest BCUT2D eigenvalue weighted by molar-refractivity contribution is 6.05. The van der Waals surface area contributed by atoms with Crippen molar-refractivity contribution in [3.05, 3.63) is 107 Å². The SMILES string of the molecule is Cc1ccc(Cn2c(C(=O)Nc3cnn(Cc4ccccc4C)c3)cc3occc32)cc1. The number of fused-ring (bicyclic) bond motifs is 1. The van der Waals surface area contributed by atoms with Gasteiger partial charge in [-0.15, -0.1) is 0 Å². The highest BCUT2D eigenvalue weighted by atomic mass is 16.3. The van der Waals surface area contributed by atoms with Crippen molar-refractivity contribution >= 4 is 22.7 Å². The molecule has 2 aromatic carbocycles. The van der Waals surface area contributed by atoms with Gasteiger partial charge in [0.15, 0.2) is 5.58 Å². The molecule has 3 heterocycles. The number of carbonyl (C=O) groups is 1. The molecular formula is C26H24N4O2. The van der Waals surface area contributed by atoms with Gasteiger partial charge in [0, 0.05) is 24.9 Å². The van der Waals surface area contributed by atoms with Gasteiger partial charge in [0.05, 0.1) is 30.2 Å². The second-order valence-electron chi connectivity index (χ2n) is 8.08. The summed E-state index contributed by atoms with van der Waals surface area (Å²) >= 11 is 0. The first kappa shape index (κ1) is 19.9. The van der Waals surface area contributed by atoms with E-state index < -0.39 is 0 Å². The number of furan rings is 1. The van der Waals surface area contributed by atoms with Crippen molar-refractivity contribution in [2.45, 2.75) is 26.9 Å². The highest BCUT2D eigenvalue weighted by Crippen LogP contribution is 2.24. The lowest BCUT2D eigenvalue weighted by molar-refractivity contribution is 0.101. The van der Waals surface area contributed by atoms with Gasteiger partial charge in [-0.2, -0.15) is 5.10 Å². The Hall–Kier alpha value is -4.06. The molecular weight excluding hydrogens is 400 g/mol. The van der Waals surface area contributed by atoms with E-state index in [-0.39, 0.29) is 5.91 Å². The molecule has 0 aliphatic rings. The standard InChI is InChI=1S/C26H24N4O2/c1-18-7-9-20(10-8-18)15-30-23-11-12-32-25(23)13-24(30)26(31)28-22-14-27-29(17-22)16-21-6-4-3-5-19(21)2/h3-14,17H,15-16H2,1-2H3,(H,28,31). The summed E-state index contributed by atoms with van der Waals surface area (Å²) in [4.78, 5) is 13.2. The normalized spacial score (nSPS) is 11.2. The third-order valence-corrected chi connectivity index (χ3v) is 5.70. The molecule has 0 aliphatic heterocycles. The first-order valence-corrected chi connectivity index (χ1v) is 10.6. The van der Waals surface area contributed by atoms with Crippen molar-refractivity contribution in [3.8, 4) is 0 Å². The zero-order valence-corrected chi connectivity index (χ0v) is 18.1. The van der Waals surface area contributed by atoms with E-state index in [1.54, 1.807) is 18.5 Å². The number of carbonyl (C=O) groups excluding carboxylic acids is 1. The van der Waals surface area contributed by atoms with Crippen molar-refractivity contribution < 1.29 is 9.21 Å². The Morgan fingerprint density at radius 3 is 2.66 bits per heavy atom. The molecule has 0 atom stereocenters. The van der Waals surface area contributed by atoms with Crippen LogP contribution in [-0.4, -0.2) is 20.3 Å². The van der Waals surface area contributed by atoms with E-state index in [0.29, 0.717) is 30.1 Å². The summed E-state index contributed by atoms with van der Waals surface area (Å²) in [6, 6.07) is 20.2. The number of benzene rings is 2. The number of aromatic nitrogens is 3. The Bertz CT molecular complexity index is 1390. The summed E-state index contributed by atoms with van der Waals surface area (Å²) in [7, 11) is 0. The lowest BCUT2D eigenvalue weighted by Crippen LogP contribution is -2.17. The summed E-state index contributed by atoms with van der Waals surface area (Å²) in [6.45, 7) is 5.38. The van der Waals surface area contributed by atoms with Gasteiger partial charge >= 0.3 is 0 Å². The van der Waals surface area contributed by atoms with Gasteiger partial charge in [-0.25, -0.2) is 0 Å². The van der Waals surface area contributed by atoms with Crippen LogP contribution in [0, 0.1) is 13.8 Å². The topological polar surface area (TPSA) is 65.0 Å². The lowest BCUT2D eigenvalue weighted by Gasteiger charge is -2.10. The van der Waals surface area contributed by atoms with E-state index >= 15 is 0 Å². The molecule has 0 fully saturated rings. The molecule has 5 aromatic rings. The van der Waals surface area contributed by atoms with Gasteiger partial charge < -0.3 is 14.3 Å². The molecule has 1 amide bonds. The van der Waals surface area contributed by atoms with E-state index in [1.165, 1.54) is 16.7 Å². The van der Waals surface area contributed by atoms with E-state index in [4.69, 9.17) is 4.42 Å². The minimum atomic E-state index is -0.195. The Labute approximate surface area is 186 Å². The Balaban J connectivity index is 1.37. The number of rotatable bonds is 6. The van der Waals surface area contributed by atoms with Gasteiger partial charge in [-0.1, -0.05) is 54.1 Å². The number of hydrogen-bond acceptors (Lipinski definition) is 3. The monoisotopic (exact) mass is 424 g/mol. The molecule has 0 bridgehead atoms. The Morgan fingerprint density at radius 1 is 1.03 bits per heavy atom. The predicted molar refractivity (Wildman–Crippen MR) is 125 cm³/mol. The summed E-state index contributed by atoms with van der Waals surface area (Å²) in [5.41, 5.74) is 7.52. The molecule has 0 unspecified atom stereocenters. The van der Waals surface area contributed by atoms with Crippen molar-refractivity contribution in [1.29, 1.82) is 0 Å². The maximum Gasteiger partial charge on any atom is 0.272 e. The van der Waals surface area contributed by atoms with E-state index in [0.717, 1.165) is 11.1 Å². The van der Waals surface area contributed by atoms with Crippen molar-refractivity contribution in [2.24, 2.45) is 0 Å². The fraction of sp³-hybridized carbons (Fsp3) is 0.154. The number of amides is 1. The minimum Gasteiger partial charge on any atom is -0.463 e. The lowest BCUT2D eigenvalue weighted by atomic mass is 10.1. The fourth-order valence-corrected chi connectivity index (χ4v) is 3.88. The van der Waals surface area contributed by atoms with Crippen LogP contribution in [0.5, 0.6) is 0 Å². The zero-order valence-electron chi connectivity index (χ0n) is 18.1. The molecule has 1 N–H and O–H groups in total. The number of hydrogen-bond donors (Lipinski definition) is 1. The van der Waals surface area contributed by atoms with Gasteiger partial charge in [0.1, 0.15) is 5.69 Å². The molecule has 160 valence electrons. The molecule has 6 nitrogen and oxygen atoms in total. The third-order valence-electron chi connectivity index (χ3n) is 5.70. The van der Waals surface area contributed by atoms with E-state index in [1.807, 2.05) is 33.6 Å². The molecule has 5 rings (SSSR count). The van der Waals surface area contributed by atoms with Crippen LogP contribution < -0.4 is 5.32 Å². The molecule has 0 aliphatic carbocycles. The van der Waals surface area contributed by atoms with Crippen LogP contribution in [-0.2, 0) is 13.1 Å². The summed E-state index contributed by atoms with van der Waals surface area (Å²) in [5.74, 6) is -0.195. The summed E-state index contributed by atoms with van der Waals surface area (Å²) < 4.78 is 9.37. The van der Waals surface area contributed by atoms with Gasteiger partial charge in [0.25, 0.3) is 5.91 Å². The Morgan fingerprint density at radius 2 is 1.84 bits per heavy atom. The number of nitrogens with zero attached hydrogens (tertiary/aromatic N) is 3. The maximum atomic E-state index is 13.2. The number of anilines is 1. The summed E-state index contributed by atoms with van der Waals surface area (Å²) in [6.07, 6.45) is 5.17. The number of aryl methyl sites for hydroxylation is 2. The smallest absolute Gasteiger partial charge is 0.272 e. The summed E-state index contributed by atoms with van der Waals surface area (Å²) in [5, 5.41) is 7.39. The van der Waals surface area contributed by atoms with Crippen LogP contribution in [0.3, 0.4) is 0 Å². The predicted octanol–water partition coefficient (Wildman–Crippen LogP) is 5.40. The second-order valence-corrected chi connectivity index (χ2v) is 8.08. The zero-order chi connectivity index (χ0) is 22.1. The minimum absolute atomic E-state index is 0.195.